The van der Waals surface area contributed by atoms with E-state index in [4.69, 9.17) is 9.47 Å². The summed E-state index contributed by atoms with van der Waals surface area (Å²) in [7, 11) is 0. The zero-order chi connectivity index (χ0) is 18.6. The number of benzene rings is 1. The van der Waals surface area contributed by atoms with Gasteiger partial charge in [0, 0.05) is 12.7 Å². The van der Waals surface area contributed by atoms with Gasteiger partial charge < -0.3 is 14.4 Å². The fraction of sp³-hybridized carbons (Fsp3) is 0.263. The fourth-order valence-corrected chi connectivity index (χ4v) is 3.37. The number of amidine groups is 2. The third kappa shape index (κ3) is 4.28. The van der Waals surface area contributed by atoms with Crippen molar-refractivity contribution in [2.45, 2.75) is 20.0 Å². The molecular weight excluding hydrogens is 364 g/mol. The van der Waals surface area contributed by atoms with E-state index in [1.54, 1.807) is 6.20 Å². The number of carbonyl (C=O) groups is 1. The molecule has 27 heavy (non-hydrogen) atoms. The van der Waals surface area contributed by atoms with Gasteiger partial charge in [-0.25, -0.2) is 0 Å². The lowest BCUT2D eigenvalue weighted by Crippen LogP contribution is -2.33. The van der Waals surface area contributed by atoms with E-state index in [0.29, 0.717) is 18.3 Å². The van der Waals surface area contributed by atoms with Crippen LogP contribution in [0.25, 0.3) is 0 Å². The first kappa shape index (κ1) is 17.5. The lowest BCUT2D eigenvalue weighted by atomic mass is 10.2. The van der Waals surface area contributed by atoms with E-state index < -0.39 is 0 Å². The number of hydrogen-bond donors (Lipinski definition) is 0. The number of fused-ring (bicyclic) bond motifs is 1. The van der Waals surface area contributed by atoms with Crippen molar-refractivity contribution in [3.8, 4) is 11.5 Å². The Labute approximate surface area is 161 Å². The minimum atomic E-state index is 0.0254. The molecule has 2 aliphatic rings. The molecule has 0 fully saturated rings. The Morgan fingerprint density at radius 2 is 2.07 bits per heavy atom. The summed E-state index contributed by atoms with van der Waals surface area (Å²) in [6, 6.07) is 11.8. The van der Waals surface area contributed by atoms with E-state index >= 15 is 0 Å². The zero-order valence-electron chi connectivity index (χ0n) is 14.8. The highest BCUT2D eigenvalue weighted by Crippen LogP contribution is 2.33. The van der Waals surface area contributed by atoms with Gasteiger partial charge in [0.25, 0.3) is 0 Å². The van der Waals surface area contributed by atoms with Gasteiger partial charge in [0.1, 0.15) is 6.54 Å². The van der Waals surface area contributed by atoms with Crippen molar-refractivity contribution < 1.29 is 14.3 Å². The third-order valence-corrected chi connectivity index (χ3v) is 4.91. The molecule has 0 bridgehead atoms. The maximum absolute atomic E-state index is 11.1. The molecule has 3 heterocycles. The maximum atomic E-state index is 11.1. The summed E-state index contributed by atoms with van der Waals surface area (Å²) in [5.74, 6) is 1.55. The quantitative estimate of drug-likeness (QED) is 0.765. The van der Waals surface area contributed by atoms with Crippen LogP contribution in [0.3, 0.4) is 0 Å². The summed E-state index contributed by atoms with van der Waals surface area (Å²) < 4.78 is 10.8. The van der Waals surface area contributed by atoms with Gasteiger partial charge in [0.15, 0.2) is 27.6 Å². The molecule has 0 saturated carbocycles. The number of pyridine rings is 1. The number of ether oxygens (including phenoxy) is 2. The monoisotopic (exact) mass is 382 g/mol. The second-order valence-corrected chi connectivity index (χ2v) is 7.10. The summed E-state index contributed by atoms with van der Waals surface area (Å²) in [5, 5.41) is 1.50. The van der Waals surface area contributed by atoms with Crippen LogP contribution in [0, 0.1) is 0 Å². The molecule has 0 radical (unpaired) electrons. The number of hydrogen-bond acceptors (Lipinski definition) is 7. The molecule has 2 aliphatic heterocycles. The summed E-state index contributed by atoms with van der Waals surface area (Å²) >= 11 is 1.48. The molecule has 2 aromatic rings. The normalized spacial score (nSPS) is 16.0. The average Bonchev–Trinajstić information content (AvgIpc) is 3.08. The zero-order valence-corrected chi connectivity index (χ0v) is 15.6. The topological polar surface area (TPSA) is 76.4 Å². The fourth-order valence-electron chi connectivity index (χ4n) is 2.69. The van der Waals surface area contributed by atoms with Crippen molar-refractivity contribution >= 4 is 27.9 Å². The second-order valence-electron chi connectivity index (χ2n) is 6.16. The average molecular weight is 382 g/mol. The second kappa shape index (κ2) is 7.79. The first-order valence-corrected chi connectivity index (χ1v) is 9.33. The van der Waals surface area contributed by atoms with E-state index in [1.165, 1.54) is 18.7 Å². The van der Waals surface area contributed by atoms with E-state index in [-0.39, 0.29) is 19.1 Å². The molecule has 0 saturated heterocycles. The van der Waals surface area contributed by atoms with Crippen LogP contribution >= 0.6 is 11.8 Å². The minimum absolute atomic E-state index is 0.0254. The Hall–Kier alpha value is -2.87. The predicted octanol–water partition coefficient (Wildman–Crippen LogP) is 2.86. The Bertz CT molecular complexity index is 914. The molecule has 4 rings (SSSR count). The van der Waals surface area contributed by atoms with E-state index in [9.17, 15) is 4.79 Å². The van der Waals surface area contributed by atoms with Crippen molar-refractivity contribution in [3.63, 3.8) is 0 Å². The molecule has 138 valence electrons. The summed E-state index contributed by atoms with van der Waals surface area (Å²) in [4.78, 5) is 26.3. The van der Waals surface area contributed by atoms with Crippen LogP contribution in [-0.4, -0.2) is 39.3 Å². The molecule has 0 spiro atoms. The van der Waals surface area contributed by atoms with Crippen molar-refractivity contribution in [2.24, 2.45) is 9.98 Å². The molecule has 0 atom stereocenters. The number of Topliss-reactive ketones (excluding diaryl/α,β-unsaturated/α-hetero) is 1. The summed E-state index contributed by atoms with van der Waals surface area (Å²) in [6.45, 7) is 3.22. The van der Waals surface area contributed by atoms with Gasteiger partial charge in [0.2, 0.25) is 6.79 Å². The first-order chi connectivity index (χ1) is 13.2. The van der Waals surface area contributed by atoms with Crippen molar-refractivity contribution in [1.82, 2.24) is 9.88 Å². The number of rotatable bonds is 6. The Morgan fingerprint density at radius 1 is 1.22 bits per heavy atom. The minimum Gasteiger partial charge on any atom is -0.454 e. The van der Waals surface area contributed by atoms with Gasteiger partial charge in [-0.05, 0) is 48.5 Å². The van der Waals surface area contributed by atoms with Gasteiger partial charge in [-0.3, -0.25) is 14.8 Å². The van der Waals surface area contributed by atoms with Crippen molar-refractivity contribution in [1.29, 1.82) is 0 Å². The summed E-state index contributed by atoms with van der Waals surface area (Å²) in [5.41, 5.74) is 2.04. The molecule has 0 N–H and O–H groups in total. The highest BCUT2D eigenvalue weighted by atomic mass is 32.2. The Kier molecular flexibility index (Phi) is 5.06. The van der Waals surface area contributed by atoms with Gasteiger partial charge >= 0.3 is 0 Å². The molecule has 1 aromatic heterocycles. The third-order valence-electron chi connectivity index (χ3n) is 3.97. The largest absolute Gasteiger partial charge is 0.454 e. The number of ketones is 1. The van der Waals surface area contributed by atoms with Crippen molar-refractivity contribution in [2.75, 3.05) is 13.3 Å². The standard InChI is InChI=1S/C19H18N4O3S/c1-13(24)9-21-18-22-19(27-18)23(11-15-4-2-3-7-20-15)10-14-5-6-16-17(8-14)26-12-25-16/h2-8H,9-12H2,1H3. The number of nitrogens with zero attached hydrogens (tertiary/aromatic N) is 4. The first-order valence-electron chi connectivity index (χ1n) is 8.51. The highest BCUT2D eigenvalue weighted by molar-refractivity contribution is 8.28. The molecule has 0 aliphatic carbocycles. The smallest absolute Gasteiger partial charge is 0.231 e. The highest BCUT2D eigenvalue weighted by Gasteiger charge is 2.25. The lowest BCUT2D eigenvalue weighted by Gasteiger charge is -2.29. The molecule has 8 heteroatoms. The van der Waals surface area contributed by atoms with E-state index in [1.807, 2.05) is 36.4 Å². The number of carbonyl (C=O) groups excluding carboxylic acids is 1. The van der Waals surface area contributed by atoms with Crippen LogP contribution in [0.5, 0.6) is 11.5 Å². The molecular formula is C19H18N4O3S. The van der Waals surface area contributed by atoms with Gasteiger partial charge in [-0.1, -0.05) is 12.1 Å². The van der Waals surface area contributed by atoms with Crippen LogP contribution < -0.4 is 9.47 Å². The van der Waals surface area contributed by atoms with Gasteiger partial charge in [-0.2, -0.15) is 4.99 Å². The van der Waals surface area contributed by atoms with Crippen LogP contribution in [0.2, 0.25) is 0 Å². The Morgan fingerprint density at radius 3 is 2.85 bits per heavy atom. The van der Waals surface area contributed by atoms with Crippen LogP contribution in [0.4, 0.5) is 0 Å². The summed E-state index contributed by atoms with van der Waals surface area (Å²) in [6.07, 6.45) is 1.78. The number of aliphatic imine (C=N–C) groups is 2. The Balaban J connectivity index is 1.53. The van der Waals surface area contributed by atoms with Crippen molar-refractivity contribution in [3.05, 3.63) is 53.9 Å². The number of thioether (sulfide) groups is 1. The molecule has 1 aromatic carbocycles. The SMILES string of the molecule is CC(=O)CN=C1N=C(N(Cc2ccc3c(c2)OCO3)Cc2ccccn2)S1. The predicted molar refractivity (Wildman–Crippen MR) is 104 cm³/mol. The molecule has 7 nitrogen and oxygen atoms in total. The van der Waals surface area contributed by atoms with Crippen LogP contribution in [-0.2, 0) is 17.9 Å². The molecule has 0 unspecified atom stereocenters. The number of aromatic nitrogens is 1. The van der Waals surface area contributed by atoms with Gasteiger partial charge in [0.05, 0.1) is 12.2 Å². The van der Waals surface area contributed by atoms with E-state index in [0.717, 1.165) is 27.9 Å². The lowest BCUT2D eigenvalue weighted by molar-refractivity contribution is -0.115. The van der Waals surface area contributed by atoms with Gasteiger partial charge in [-0.15, -0.1) is 0 Å². The van der Waals surface area contributed by atoms with E-state index in [2.05, 4.69) is 19.9 Å². The van der Waals surface area contributed by atoms with Crippen LogP contribution in [0.15, 0.2) is 52.6 Å². The maximum Gasteiger partial charge on any atom is 0.231 e. The molecule has 0 amide bonds. The van der Waals surface area contributed by atoms with Crippen LogP contribution in [0.1, 0.15) is 18.2 Å².